The highest BCUT2D eigenvalue weighted by Crippen LogP contribution is 2.28. The molecule has 1 saturated heterocycles. The molecule has 1 aliphatic heterocycles. The summed E-state index contributed by atoms with van der Waals surface area (Å²) < 4.78 is 0. The minimum absolute atomic E-state index is 0.135. The van der Waals surface area contributed by atoms with E-state index in [1.165, 1.54) is 11.5 Å². The molecule has 1 heterocycles. The van der Waals surface area contributed by atoms with Crippen LogP contribution >= 0.6 is 11.8 Å². The van der Waals surface area contributed by atoms with Crippen LogP contribution in [0.1, 0.15) is 12.8 Å². The third-order valence-corrected chi connectivity index (χ3v) is 3.45. The number of aliphatic hydroxyl groups excluding tert-OH is 2. The number of hydrogen-bond acceptors (Lipinski definition) is 3. The van der Waals surface area contributed by atoms with Gasteiger partial charge in [-0.25, -0.2) is 0 Å². The molecule has 0 spiro atoms. The van der Waals surface area contributed by atoms with Crippen LogP contribution < -0.4 is 0 Å². The minimum Gasteiger partial charge on any atom is -0.396 e. The maximum Gasteiger partial charge on any atom is 0.0483 e. The Labute approximate surface area is 72.0 Å². The lowest BCUT2D eigenvalue weighted by atomic mass is 9.89. The first kappa shape index (κ1) is 9.36. The molecule has 0 aliphatic carbocycles. The Kier molecular flexibility index (Phi) is 4.26. The summed E-state index contributed by atoms with van der Waals surface area (Å²) in [4.78, 5) is 0. The second kappa shape index (κ2) is 5.01. The fourth-order valence-corrected chi connectivity index (χ4v) is 2.69. The van der Waals surface area contributed by atoms with Crippen molar-refractivity contribution in [2.24, 2.45) is 11.8 Å². The highest BCUT2D eigenvalue weighted by Gasteiger charge is 2.22. The van der Waals surface area contributed by atoms with Crippen molar-refractivity contribution in [3.05, 3.63) is 0 Å². The Balaban J connectivity index is 2.30. The van der Waals surface area contributed by atoms with Gasteiger partial charge in [0.1, 0.15) is 0 Å². The van der Waals surface area contributed by atoms with E-state index in [4.69, 9.17) is 10.2 Å². The van der Waals surface area contributed by atoms with E-state index in [0.29, 0.717) is 5.92 Å². The molecule has 3 heteroatoms. The van der Waals surface area contributed by atoms with Crippen molar-refractivity contribution in [1.82, 2.24) is 0 Å². The van der Waals surface area contributed by atoms with Gasteiger partial charge in [-0.15, -0.1) is 0 Å². The Morgan fingerprint density at radius 2 is 1.73 bits per heavy atom. The second-order valence-corrected chi connectivity index (χ2v) is 4.30. The molecular formula is C8H16O2S. The summed E-state index contributed by atoms with van der Waals surface area (Å²) in [5, 5.41) is 17.8. The van der Waals surface area contributed by atoms with Gasteiger partial charge in [-0.1, -0.05) is 0 Å². The normalized spacial score (nSPS) is 21.0. The standard InChI is InChI=1S/C8H16O2S/c9-5-8(6-10)7-1-3-11-4-2-7/h7-10H,1-6H2. The lowest BCUT2D eigenvalue weighted by Crippen LogP contribution is -2.25. The van der Waals surface area contributed by atoms with Crippen molar-refractivity contribution in [2.45, 2.75) is 12.8 Å². The lowest BCUT2D eigenvalue weighted by molar-refractivity contribution is 0.102. The number of hydrogen-bond donors (Lipinski definition) is 2. The molecule has 0 unspecified atom stereocenters. The van der Waals surface area contributed by atoms with Crippen LogP contribution in [0.2, 0.25) is 0 Å². The largest absolute Gasteiger partial charge is 0.396 e. The zero-order valence-electron chi connectivity index (χ0n) is 6.70. The molecule has 2 nitrogen and oxygen atoms in total. The van der Waals surface area contributed by atoms with E-state index < -0.39 is 0 Å². The maximum atomic E-state index is 8.91. The zero-order chi connectivity index (χ0) is 8.10. The van der Waals surface area contributed by atoms with Crippen molar-refractivity contribution in [3.8, 4) is 0 Å². The van der Waals surface area contributed by atoms with Gasteiger partial charge in [0.2, 0.25) is 0 Å². The predicted octanol–water partition coefficient (Wildman–Crippen LogP) is 0.730. The third-order valence-electron chi connectivity index (χ3n) is 2.40. The minimum atomic E-state index is 0.135. The van der Waals surface area contributed by atoms with Gasteiger partial charge < -0.3 is 10.2 Å². The average molecular weight is 176 g/mol. The number of thioether (sulfide) groups is 1. The molecule has 1 rings (SSSR count). The van der Waals surface area contributed by atoms with Gasteiger partial charge in [0.05, 0.1) is 0 Å². The van der Waals surface area contributed by atoms with Gasteiger partial charge in [-0.05, 0) is 30.3 Å². The molecule has 0 radical (unpaired) electrons. The van der Waals surface area contributed by atoms with Gasteiger partial charge in [0.25, 0.3) is 0 Å². The average Bonchev–Trinajstić information content (AvgIpc) is 2.09. The number of aliphatic hydroxyl groups is 2. The molecule has 11 heavy (non-hydrogen) atoms. The molecule has 1 aliphatic rings. The summed E-state index contributed by atoms with van der Waals surface area (Å²) in [6.45, 7) is 0.289. The van der Waals surface area contributed by atoms with E-state index >= 15 is 0 Å². The smallest absolute Gasteiger partial charge is 0.0483 e. The SMILES string of the molecule is OCC(CO)C1CCSCC1. The van der Waals surface area contributed by atoms with Gasteiger partial charge in [-0.3, -0.25) is 0 Å². The summed E-state index contributed by atoms with van der Waals surface area (Å²) in [5.74, 6) is 3.09. The second-order valence-electron chi connectivity index (χ2n) is 3.08. The van der Waals surface area contributed by atoms with Gasteiger partial charge in [0.15, 0.2) is 0 Å². The van der Waals surface area contributed by atoms with Gasteiger partial charge in [-0.2, -0.15) is 11.8 Å². The topological polar surface area (TPSA) is 40.5 Å². The van der Waals surface area contributed by atoms with Crippen molar-refractivity contribution < 1.29 is 10.2 Å². The van der Waals surface area contributed by atoms with Crippen molar-refractivity contribution in [2.75, 3.05) is 24.7 Å². The van der Waals surface area contributed by atoms with Crippen LogP contribution in [0.25, 0.3) is 0 Å². The van der Waals surface area contributed by atoms with Crippen LogP contribution in [-0.2, 0) is 0 Å². The summed E-state index contributed by atoms with van der Waals surface area (Å²) in [5.41, 5.74) is 0. The molecule has 1 fully saturated rings. The summed E-state index contributed by atoms with van der Waals surface area (Å²) >= 11 is 1.97. The molecule has 0 saturated carbocycles. The quantitative estimate of drug-likeness (QED) is 0.666. The Morgan fingerprint density at radius 1 is 1.18 bits per heavy atom. The summed E-state index contributed by atoms with van der Waals surface area (Å²) in [6, 6.07) is 0. The van der Waals surface area contributed by atoms with Crippen LogP contribution in [0.4, 0.5) is 0 Å². The van der Waals surface area contributed by atoms with Crippen LogP contribution in [-0.4, -0.2) is 34.9 Å². The van der Waals surface area contributed by atoms with Crippen LogP contribution in [0.3, 0.4) is 0 Å². The van der Waals surface area contributed by atoms with Gasteiger partial charge in [0, 0.05) is 19.1 Å². The Morgan fingerprint density at radius 3 is 2.18 bits per heavy atom. The summed E-state index contributed by atoms with van der Waals surface area (Å²) in [7, 11) is 0. The van der Waals surface area contributed by atoms with E-state index in [-0.39, 0.29) is 19.1 Å². The fraction of sp³-hybridized carbons (Fsp3) is 1.00. The van der Waals surface area contributed by atoms with E-state index in [1.807, 2.05) is 11.8 Å². The van der Waals surface area contributed by atoms with E-state index in [0.717, 1.165) is 12.8 Å². The first-order valence-corrected chi connectivity index (χ1v) is 5.33. The highest BCUT2D eigenvalue weighted by molar-refractivity contribution is 7.99. The molecular weight excluding hydrogens is 160 g/mol. The van der Waals surface area contributed by atoms with E-state index in [2.05, 4.69) is 0 Å². The lowest BCUT2D eigenvalue weighted by Gasteiger charge is -2.27. The molecule has 0 aromatic carbocycles. The fourth-order valence-electron chi connectivity index (χ4n) is 1.54. The first-order chi connectivity index (χ1) is 5.38. The van der Waals surface area contributed by atoms with Crippen molar-refractivity contribution in [1.29, 1.82) is 0 Å². The predicted molar refractivity (Wildman–Crippen MR) is 47.7 cm³/mol. The van der Waals surface area contributed by atoms with Crippen molar-refractivity contribution >= 4 is 11.8 Å². The van der Waals surface area contributed by atoms with Crippen molar-refractivity contribution in [3.63, 3.8) is 0 Å². The molecule has 0 bridgehead atoms. The molecule has 0 atom stereocenters. The molecule has 0 aromatic rings. The third kappa shape index (κ3) is 2.65. The van der Waals surface area contributed by atoms with Crippen LogP contribution in [0.15, 0.2) is 0 Å². The molecule has 2 N–H and O–H groups in total. The van der Waals surface area contributed by atoms with Crippen LogP contribution in [0.5, 0.6) is 0 Å². The summed E-state index contributed by atoms with van der Waals surface area (Å²) in [6.07, 6.45) is 2.33. The molecule has 66 valence electrons. The highest BCUT2D eigenvalue weighted by atomic mass is 32.2. The number of rotatable bonds is 3. The van der Waals surface area contributed by atoms with E-state index in [1.54, 1.807) is 0 Å². The monoisotopic (exact) mass is 176 g/mol. The Bertz CT molecular complexity index is 98.3. The van der Waals surface area contributed by atoms with Crippen LogP contribution in [0, 0.1) is 11.8 Å². The van der Waals surface area contributed by atoms with Gasteiger partial charge >= 0.3 is 0 Å². The maximum absolute atomic E-state index is 8.91. The zero-order valence-corrected chi connectivity index (χ0v) is 7.52. The first-order valence-electron chi connectivity index (χ1n) is 4.18. The van der Waals surface area contributed by atoms with E-state index in [9.17, 15) is 0 Å². The molecule has 0 aromatic heterocycles. The Hall–Kier alpha value is 0.270. The molecule has 0 amide bonds.